The molecule has 1 aromatic carbocycles. The molecular formula is C15H14N2O6. The molecule has 4 amide bonds. The molecule has 120 valence electrons. The minimum absolute atomic E-state index is 0.0936. The van der Waals surface area contributed by atoms with Crippen LogP contribution in [0.4, 0.5) is 4.79 Å². The fourth-order valence-corrected chi connectivity index (χ4v) is 2.36. The predicted molar refractivity (Wildman–Crippen MR) is 78.0 cm³/mol. The Morgan fingerprint density at radius 3 is 2.17 bits per heavy atom. The highest BCUT2D eigenvalue weighted by Gasteiger charge is 2.38. The first kappa shape index (κ1) is 14.9. The van der Waals surface area contributed by atoms with Gasteiger partial charge in [-0.3, -0.25) is 19.4 Å². The van der Waals surface area contributed by atoms with Gasteiger partial charge in [0.15, 0.2) is 11.5 Å². The summed E-state index contributed by atoms with van der Waals surface area (Å²) in [5, 5.41) is 0. The standard InChI is InChI=1S/C15H14N2O6/c1-16-13(18)9(14(19)17(2)15(16)20)4-8-5-11-12(23-7-22-11)6-10(8)21-3/h4-6H,7H2,1-3H3. The first-order valence-electron chi connectivity index (χ1n) is 6.73. The van der Waals surface area contributed by atoms with Gasteiger partial charge >= 0.3 is 6.03 Å². The van der Waals surface area contributed by atoms with E-state index >= 15 is 0 Å². The van der Waals surface area contributed by atoms with E-state index in [9.17, 15) is 14.4 Å². The third-order valence-electron chi connectivity index (χ3n) is 3.67. The Bertz CT molecular complexity index is 729. The van der Waals surface area contributed by atoms with Crippen LogP contribution in [0.15, 0.2) is 17.7 Å². The SMILES string of the molecule is COc1cc2c(cc1C=C1C(=O)N(C)C(=O)N(C)C1=O)OCO2. The molecule has 0 radical (unpaired) electrons. The maximum atomic E-state index is 12.2. The van der Waals surface area contributed by atoms with Gasteiger partial charge in [-0.15, -0.1) is 0 Å². The van der Waals surface area contributed by atoms with Gasteiger partial charge in [-0.25, -0.2) is 4.79 Å². The van der Waals surface area contributed by atoms with E-state index in [1.165, 1.54) is 27.3 Å². The van der Waals surface area contributed by atoms with E-state index in [1.807, 2.05) is 0 Å². The number of benzene rings is 1. The number of carbonyl (C=O) groups excluding carboxylic acids is 3. The minimum atomic E-state index is -0.671. The second-order valence-electron chi connectivity index (χ2n) is 5.02. The first-order chi connectivity index (χ1) is 10.9. The molecule has 2 aliphatic heterocycles. The van der Waals surface area contributed by atoms with Crippen LogP contribution < -0.4 is 14.2 Å². The number of carbonyl (C=O) groups is 3. The summed E-state index contributed by atoms with van der Waals surface area (Å²) in [5.41, 5.74) is 0.344. The summed E-state index contributed by atoms with van der Waals surface area (Å²) in [5.74, 6) is 0.0982. The number of methoxy groups -OCH3 is 1. The quantitative estimate of drug-likeness (QED) is 0.594. The lowest BCUT2D eigenvalue weighted by Gasteiger charge is -2.28. The molecule has 0 N–H and O–H groups in total. The molecule has 2 heterocycles. The van der Waals surface area contributed by atoms with Gasteiger partial charge in [-0.1, -0.05) is 0 Å². The van der Waals surface area contributed by atoms with Gasteiger partial charge in [-0.2, -0.15) is 0 Å². The second kappa shape index (κ2) is 5.31. The zero-order valence-electron chi connectivity index (χ0n) is 12.8. The number of nitrogens with zero attached hydrogens (tertiary/aromatic N) is 2. The third kappa shape index (κ3) is 2.28. The van der Waals surface area contributed by atoms with Crippen molar-refractivity contribution in [3.63, 3.8) is 0 Å². The number of barbiturate groups is 1. The Balaban J connectivity index is 2.08. The molecule has 3 rings (SSSR count). The number of fused-ring (bicyclic) bond motifs is 1. The van der Waals surface area contributed by atoms with Crippen molar-refractivity contribution in [2.45, 2.75) is 0 Å². The van der Waals surface area contributed by atoms with Crippen LogP contribution >= 0.6 is 0 Å². The van der Waals surface area contributed by atoms with Crippen LogP contribution in [0.25, 0.3) is 6.08 Å². The normalized spacial score (nSPS) is 17.0. The van der Waals surface area contributed by atoms with E-state index in [4.69, 9.17) is 14.2 Å². The summed E-state index contributed by atoms with van der Waals surface area (Å²) < 4.78 is 15.8. The highest BCUT2D eigenvalue weighted by atomic mass is 16.7. The largest absolute Gasteiger partial charge is 0.496 e. The topological polar surface area (TPSA) is 85.4 Å². The monoisotopic (exact) mass is 318 g/mol. The van der Waals surface area contributed by atoms with Crippen molar-refractivity contribution in [1.29, 1.82) is 0 Å². The summed E-state index contributed by atoms with van der Waals surface area (Å²) >= 11 is 0. The van der Waals surface area contributed by atoms with Crippen LogP contribution in [0.1, 0.15) is 5.56 Å². The average molecular weight is 318 g/mol. The molecule has 0 unspecified atom stereocenters. The van der Waals surface area contributed by atoms with Gasteiger partial charge in [0.05, 0.1) is 7.11 Å². The fourth-order valence-electron chi connectivity index (χ4n) is 2.36. The lowest BCUT2D eigenvalue weighted by Crippen LogP contribution is -2.52. The van der Waals surface area contributed by atoms with Crippen molar-refractivity contribution in [3.05, 3.63) is 23.3 Å². The molecule has 2 aliphatic rings. The fraction of sp³-hybridized carbons (Fsp3) is 0.267. The van der Waals surface area contributed by atoms with Crippen molar-refractivity contribution in [2.24, 2.45) is 0 Å². The molecule has 23 heavy (non-hydrogen) atoms. The Hall–Kier alpha value is -3.03. The molecule has 0 saturated carbocycles. The number of urea groups is 1. The number of hydrogen-bond acceptors (Lipinski definition) is 6. The minimum Gasteiger partial charge on any atom is -0.496 e. The second-order valence-corrected chi connectivity index (χ2v) is 5.02. The van der Waals surface area contributed by atoms with Crippen molar-refractivity contribution in [2.75, 3.05) is 28.0 Å². The molecule has 0 atom stereocenters. The van der Waals surface area contributed by atoms with Crippen LogP contribution in [0.2, 0.25) is 0 Å². The van der Waals surface area contributed by atoms with E-state index < -0.39 is 17.8 Å². The summed E-state index contributed by atoms with van der Waals surface area (Å²) in [6.45, 7) is 0.0936. The van der Waals surface area contributed by atoms with E-state index in [0.29, 0.717) is 22.8 Å². The molecule has 0 spiro atoms. The predicted octanol–water partition coefficient (Wildman–Crippen LogP) is 0.858. The summed E-state index contributed by atoms with van der Waals surface area (Å²) in [7, 11) is 4.10. The van der Waals surface area contributed by atoms with E-state index in [0.717, 1.165) is 9.80 Å². The maximum absolute atomic E-state index is 12.2. The van der Waals surface area contributed by atoms with Crippen molar-refractivity contribution in [1.82, 2.24) is 9.80 Å². The van der Waals surface area contributed by atoms with E-state index in [1.54, 1.807) is 12.1 Å². The highest BCUT2D eigenvalue weighted by Crippen LogP contribution is 2.39. The van der Waals surface area contributed by atoms with E-state index in [-0.39, 0.29) is 12.4 Å². The molecule has 1 fully saturated rings. The van der Waals surface area contributed by atoms with Gasteiger partial charge in [0, 0.05) is 25.7 Å². The number of imide groups is 2. The molecule has 0 bridgehead atoms. The van der Waals surface area contributed by atoms with Crippen molar-refractivity contribution < 1.29 is 28.6 Å². The number of hydrogen-bond donors (Lipinski definition) is 0. The van der Waals surface area contributed by atoms with Crippen LogP contribution in [0.5, 0.6) is 17.2 Å². The number of ether oxygens (including phenoxy) is 3. The van der Waals surface area contributed by atoms with Crippen LogP contribution in [0, 0.1) is 0 Å². The summed E-state index contributed by atoms with van der Waals surface area (Å²) in [6.07, 6.45) is 1.38. The zero-order valence-corrected chi connectivity index (χ0v) is 12.8. The summed E-state index contributed by atoms with van der Waals surface area (Å²) in [4.78, 5) is 37.9. The number of amides is 4. The average Bonchev–Trinajstić information content (AvgIpc) is 3.01. The van der Waals surface area contributed by atoms with Gasteiger partial charge in [0.25, 0.3) is 11.8 Å². The van der Waals surface area contributed by atoms with Crippen molar-refractivity contribution >= 4 is 23.9 Å². The molecule has 8 heteroatoms. The molecule has 1 aromatic rings. The number of likely N-dealkylation sites (N-methyl/N-ethyl adjacent to an activating group) is 2. The first-order valence-corrected chi connectivity index (χ1v) is 6.73. The van der Waals surface area contributed by atoms with Gasteiger partial charge in [0.1, 0.15) is 11.3 Å². The van der Waals surface area contributed by atoms with Crippen LogP contribution in [0.3, 0.4) is 0 Å². The van der Waals surface area contributed by atoms with Crippen LogP contribution in [-0.2, 0) is 9.59 Å². The van der Waals surface area contributed by atoms with Crippen LogP contribution in [-0.4, -0.2) is 55.6 Å². The number of rotatable bonds is 2. The molecule has 0 aromatic heterocycles. The third-order valence-corrected chi connectivity index (χ3v) is 3.67. The Kier molecular flexibility index (Phi) is 3.44. The van der Waals surface area contributed by atoms with Crippen molar-refractivity contribution in [3.8, 4) is 17.2 Å². The smallest absolute Gasteiger partial charge is 0.333 e. The van der Waals surface area contributed by atoms with Gasteiger partial charge in [0.2, 0.25) is 6.79 Å². The zero-order chi connectivity index (χ0) is 16.7. The molecular weight excluding hydrogens is 304 g/mol. The molecule has 1 saturated heterocycles. The van der Waals surface area contributed by atoms with E-state index in [2.05, 4.69) is 0 Å². The highest BCUT2D eigenvalue weighted by molar-refractivity contribution is 6.30. The Morgan fingerprint density at radius 2 is 1.61 bits per heavy atom. The molecule has 8 nitrogen and oxygen atoms in total. The Labute approximate surface area is 131 Å². The maximum Gasteiger partial charge on any atom is 0.333 e. The lowest BCUT2D eigenvalue weighted by atomic mass is 10.1. The van der Waals surface area contributed by atoms with Gasteiger partial charge < -0.3 is 14.2 Å². The Morgan fingerprint density at radius 1 is 1.04 bits per heavy atom. The lowest BCUT2D eigenvalue weighted by molar-refractivity contribution is -0.134. The molecule has 0 aliphatic carbocycles. The van der Waals surface area contributed by atoms with Gasteiger partial charge in [-0.05, 0) is 12.1 Å². The summed E-state index contributed by atoms with van der Waals surface area (Å²) in [6, 6.07) is 2.56.